The van der Waals surface area contributed by atoms with Crippen molar-refractivity contribution in [3.05, 3.63) is 105 Å². The molecule has 0 unspecified atom stereocenters. The van der Waals surface area contributed by atoms with Gasteiger partial charge >= 0.3 is 0 Å². The average molecular weight is 584 g/mol. The van der Waals surface area contributed by atoms with Crippen LogP contribution in [-0.2, 0) is 28.3 Å². The molecule has 0 saturated heterocycles. The number of hydrogen-bond acceptors (Lipinski definition) is 3. The van der Waals surface area contributed by atoms with Crippen LogP contribution < -0.4 is 5.32 Å². The van der Waals surface area contributed by atoms with Crippen LogP contribution in [0.5, 0.6) is 0 Å². The molecule has 7 heteroatoms. The quantitative estimate of drug-likeness (QED) is 0.253. The standard InChI is InChI=1S/C32H36Cl2N2O2S/c1-23-11-8-9-14-25(23)21-39-22-31(37)36(20-27-28(33)17-10-18-29(27)34)30(19-24-12-4-2-5-13-24)32(38)35-26-15-6-3-7-16-26/h2,4-5,8-14,17-18,26,30H,3,6-7,15-16,19-22H2,1H3,(H,35,38)/t30-/m0/s1. The molecule has 4 rings (SSSR count). The first-order valence-corrected chi connectivity index (χ1v) is 15.5. The number of nitrogens with one attached hydrogen (secondary N) is 1. The first kappa shape index (κ1) is 29.5. The number of carbonyl (C=O) groups excluding carboxylic acids is 2. The monoisotopic (exact) mass is 582 g/mol. The highest BCUT2D eigenvalue weighted by Crippen LogP contribution is 2.28. The van der Waals surface area contributed by atoms with E-state index in [2.05, 4.69) is 24.4 Å². The van der Waals surface area contributed by atoms with Crippen LogP contribution >= 0.6 is 35.0 Å². The van der Waals surface area contributed by atoms with E-state index in [1.165, 1.54) is 17.5 Å². The number of carbonyl (C=O) groups is 2. The summed E-state index contributed by atoms with van der Waals surface area (Å²) < 4.78 is 0. The van der Waals surface area contributed by atoms with Gasteiger partial charge in [-0.1, -0.05) is 103 Å². The number of aryl methyl sites for hydroxylation is 1. The molecule has 1 N–H and O–H groups in total. The fraction of sp³-hybridized carbons (Fsp3) is 0.375. The minimum absolute atomic E-state index is 0.107. The molecular formula is C32H36Cl2N2O2S. The number of halogens is 2. The Balaban J connectivity index is 1.61. The highest BCUT2D eigenvalue weighted by Gasteiger charge is 2.32. The lowest BCUT2D eigenvalue weighted by molar-refractivity contribution is -0.139. The lowest BCUT2D eigenvalue weighted by Crippen LogP contribution is -2.53. The van der Waals surface area contributed by atoms with Crippen LogP contribution in [0.2, 0.25) is 10.0 Å². The Morgan fingerprint density at radius 1 is 0.923 bits per heavy atom. The molecule has 2 amide bonds. The van der Waals surface area contributed by atoms with Crippen molar-refractivity contribution < 1.29 is 9.59 Å². The highest BCUT2D eigenvalue weighted by atomic mass is 35.5. The molecule has 1 fully saturated rings. The van der Waals surface area contributed by atoms with E-state index in [0.717, 1.165) is 37.0 Å². The molecule has 4 nitrogen and oxygen atoms in total. The molecular weight excluding hydrogens is 547 g/mol. The molecule has 1 saturated carbocycles. The molecule has 1 aliphatic rings. The van der Waals surface area contributed by atoms with E-state index in [1.54, 1.807) is 34.9 Å². The molecule has 0 spiro atoms. The number of benzene rings is 3. The normalized spacial score (nSPS) is 14.5. The van der Waals surface area contributed by atoms with E-state index in [1.807, 2.05) is 42.5 Å². The second-order valence-corrected chi connectivity index (χ2v) is 12.0. The van der Waals surface area contributed by atoms with Crippen molar-refractivity contribution in [3.8, 4) is 0 Å². The van der Waals surface area contributed by atoms with E-state index in [0.29, 0.717) is 22.0 Å². The summed E-state index contributed by atoms with van der Waals surface area (Å²) in [7, 11) is 0. The Morgan fingerprint density at radius 2 is 1.59 bits per heavy atom. The van der Waals surface area contributed by atoms with Gasteiger partial charge in [-0.2, -0.15) is 0 Å². The maximum Gasteiger partial charge on any atom is 0.243 e. The predicted molar refractivity (Wildman–Crippen MR) is 163 cm³/mol. The zero-order valence-electron chi connectivity index (χ0n) is 22.4. The Morgan fingerprint density at radius 3 is 2.28 bits per heavy atom. The predicted octanol–water partition coefficient (Wildman–Crippen LogP) is 7.62. The molecule has 1 atom stereocenters. The lowest BCUT2D eigenvalue weighted by Gasteiger charge is -2.34. The van der Waals surface area contributed by atoms with Crippen LogP contribution in [0.1, 0.15) is 54.4 Å². The van der Waals surface area contributed by atoms with Gasteiger partial charge in [-0.05, 0) is 48.6 Å². The zero-order chi connectivity index (χ0) is 27.6. The van der Waals surface area contributed by atoms with Gasteiger partial charge in [0.1, 0.15) is 6.04 Å². The van der Waals surface area contributed by atoms with E-state index >= 15 is 0 Å². The van der Waals surface area contributed by atoms with Crippen molar-refractivity contribution in [1.82, 2.24) is 10.2 Å². The molecule has 1 aliphatic carbocycles. The highest BCUT2D eigenvalue weighted by molar-refractivity contribution is 7.99. The molecule has 206 valence electrons. The number of nitrogens with zero attached hydrogens (tertiary/aromatic N) is 1. The Labute approximate surface area is 246 Å². The van der Waals surface area contributed by atoms with E-state index in [-0.39, 0.29) is 30.2 Å². The average Bonchev–Trinajstić information content (AvgIpc) is 2.94. The van der Waals surface area contributed by atoms with Gasteiger partial charge in [0.2, 0.25) is 11.8 Å². The molecule has 3 aromatic rings. The summed E-state index contributed by atoms with van der Waals surface area (Å²) in [4.78, 5) is 29.5. The second-order valence-electron chi connectivity index (χ2n) is 10.2. The molecule has 0 aliphatic heterocycles. The van der Waals surface area contributed by atoms with Crippen LogP contribution in [0, 0.1) is 6.92 Å². The van der Waals surface area contributed by atoms with Gasteiger partial charge < -0.3 is 10.2 Å². The Kier molecular flexibility index (Phi) is 11.2. The van der Waals surface area contributed by atoms with Gasteiger partial charge in [0.05, 0.1) is 5.75 Å². The largest absolute Gasteiger partial charge is 0.352 e. The van der Waals surface area contributed by atoms with Crippen molar-refractivity contribution in [1.29, 1.82) is 0 Å². The fourth-order valence-corrected chi connectivity index (χ4v) is 6.56. The third-order valence-electron chi connectivity index (χ3n) is 7.36. The summed E-state index contributed by atoms with van der Waals surface area (Å²) in [6.07, 6.45) is 5.79. The van der Waals surface area contributed by atoms with Gasteiger partial charge in [0.25, 0.3) is 0 Å². The minimum Gasteiger partial charge on any atom is -0.352 e. The van der Waals surface area contributed by atoms with E-state index < -0.39 is 6.04 Å². The van der Waals surface area contributed by atoms with Crippen LogP contribution in [0.4, 0.5) is 0 Å². The topological polar surface area (TPSA) is 49.4 Å². The molecule has 3 aromatic carbocycles. The van der Waals surface area contributed by atoms with Crippen molar-refractivity contribution >= 4 is 46.8 Å². The summed E-state index contributed by atoms with van der Waals surface area (Å²) in [5.41, 5.74) is 4.05. The van der Waals surface area contributed by atoms with Crippen molar-refractivity contribution in [2.24, 2.45) is 0 Å². The zero-order valence-corrected chi connectivity index (χ0v) is 24.7. The summed E-state index contributed by atoms with van der Waals surface area (Å²) in [5, 5.41) is 4.24. The molecule has 39 heavy (non-hydrogen) atoms. The smallest absolute Gasteiger partial charge is 0.243 e. The molecule has 0 aromatic heterocycles. The summed E-state index contributed by atoms with van der Waals surface area (Å²) in [6, 6.07) is 22.8. The van der Waals surface area contributed by atoms with Crippen LogP contribution in [0.15, 0.2) is 72.8 Å². The van der Waals surface area contributed by atoms with E-state index in [4.69, 9.17) is 23.2 Å². The van der Waals surface area contributed by atoms with Gasteiger partial charge in [-0.3, -0.25) is 9.59 Å². The minimum atomic E-state index is -0.687. The fourth-order valence-electron chi connectivity index (χ4n) is 5.06. The van der Waals surface area contributed by atoms with Crippen LogP contribution in [0.25, 0.3) is 0 Å². The third-order valence-corrected chi connectivity index (χ3v) is 9.03. The summed E-state index contributed by atoms with van der Waals surface area (Å²) in [6.45, 7) is 2.24. The first-order valence-electron chi connectivity index (χ1n) is 13.6. The summed E-state index contributed by atoms with van der Waals surface area (Å²) in [5.74, 6) is 0.741. The van der Waals surface area contributed by atoms with Crippen LogP contribution in [0.3, 0.4) is 0 Å². The number of thioether (sulfide) groups is 1. The van der Waals surface area contributed by atoms with Crippen molar-refractivity contribution in [2.75, 3.05) is 5.75 Å². The maximum absolute atomic E-state index is 13.9. The number of hydrogen-bond donors (Lipinski definition) is 1. The number of amides is 2. The van der Waals surface area contributed by atoms with Gasteiger partial charge in [0, 0.05) is 40.4 Å². The van der Waals surface area contributed by atoms with E-state index in [9.17, 15) is 9.59 Å². The molecule has 0 bridgehead atoms. The SMILES string of the molecule is Cc1ccccc1CSCC(=O)N(Cc1c(Cl)cccc1Cl)[C@@H](Cc1ccccc1)C(=O)NC1CCCCC1. The van der Waals surface area contributed by atoms with Crippen LogP contribution in [-0.4, -0.2) is 34.6 Å². The number of rotatable bonds is 11. The first-order chi connectivity index (χ1) is 18.9. The van der Waals surface area contributed by atoms with Gasteiger partial charge in [-0.25, -0.2) is 0 Å². The Hall–Kier alpha value is -2.47. The molecule has 0 heterocycles. The van der Waals surface area contributed by atoms with Crippen molar-refractivity contribution in [2.45, 2.75) is 69.8 Å². The summed E-state index contributed by atoms with van der Waals surface area (Å²) >= 11 is 14.7. The van der Waals surface area contributed by atoms with Gasteiger partial charge in [0.15, 0.2) is 0 Å². The molecule has 0 radical (unpaired) electrons. The maximum atomic E-state index is 13.9. The second kappa shape index (κ2) is 14.8. The lowest BCUT2D eigenvalue weighted by atomic mass is 9.94. The van der Waals surface area contributed by atoms with Crippen molar-refractivity contribution in [3.63, 3.8) is 0 Å². The van der Waals surface area contributed by atoms with Gasteiger partial charge in [-0.15, -0.1) is 11.8 Å². The Bertz CT molecular complexity index is 1230. The third kappa shape index (κ3) is 8.51.